The summed E-state index contributed by atoms with van der Waals surface area (Å²) in [7, 11) is 0. The van der Waals surface area contributed by atoms with E-state index in [2.05, 4.69) is 23.6 Å². The molecule has 0 aliphatic rings. The molecule has 6 heteroatoms. The third kappa shape index (κ3) is 7.61. The molecule has 0 fully saturated rings. The Labute approximate surface area is 159 Å². The second-order valence-corrected chi connectivity index (χ2v) is 6.49. The Balaban J connectivity index is 0.00000312. The number of halogens is 1. The molecule has 2 aromatic carbocycles. The maximum absolute atomic E-state index is 11.8. The van der Waals surface area contributed by atoms with Gasteiger partial charge in [-0.15, -0.1) is 12.4 Å². The van der Waals surface area contributed by atoms with Crippen molar-refractivity contribution in [1.29, 1.82) is 5.26 Å². The Hall–Kier alpha value is -2.00. The maximum Gasteiger partial charge on any atom is 0.238 e. The largest absolute Gasteiger partial charge is 0.325 e. The van der Waals surface area contributed by atoms with E-state index in [1.807, 2.05) is 48.5 Å². The molecule has 2 rings (SSSR count). The van der Waals surface area contributed by atoms with E-state index >= 15 is 0 Å². The minimum Gasteiger partial charge on any atom is -0.325 e. The van der Waals surface area contributed by atoms with E-state index in [4.69, 9.17) is 5.26 Å². The average molecular weight is 376 g/mol. The number of carbonyl (C=O) groups is 1. The van der Waals surface area contributed by atoms with Crippen molar-refractivity contribution in [3.8, 4) is 6.07 Å². The van der Waals surface area contributed by atoms with Gasteiger partial charge in [-0.1, -0.05) is 25.1 Å². The summed E-state index contributed by atoms with van der Waals surface area (Å²) in [5, 5.41) is 14.8. The SMILES string of the molecule is CCCCNCC(=O)Nc1ccc(Sc2ccc(C#N)cc2)cc1.Cl. The molecule has 25 heavy (non-hydrogen) atoms. The topological polar surface area (TPSA) is 64.9 Å². The van der Waals surface area contributed by atoms with Gasteiger partial charge in [0, 0.05) is 15.5 Å². The molecule has 0 spiro atoms. The Morgan fingerprint density at radius 3 is 2.24 bits per heavy atom. The number of benzene rings is 2. The molecule has 0 aromatic heterocycles. The zero-order valence-corrected chi connectivity index (χ0v) is 15.8. The van der Waals surface area contributed by atoms with Gasteiger partial charge in [0.05, 0.1) is 18.2 Å². The summed E-state index contributed by atoms with van der Waals surface area (Å²) in [6.45, 7) is 3.32. The van der Waals surface area contributed by atoms with Crippen molar-refractivity contribution in [2.75, 3.05) is 18.4 Å². The van der Waals surface area contributed by atoms with Crippen molar-refractivity contribution in [2.45, 2.75) is 29.6 Å². The Morgan fingerprint density at radius 1 is 1.08 bits per heavy atom. The van der Waals surface area contributed by atoms with Gasteiger partial charge < -0.3 is 10.6 Å². The lowest BCUT2D eigenvalue weighted by molar-refractivity contribution is -0.115. The number of anilines is 1. The number of amides is 1. The first-order chi connectivity index (χ1) is 11.7. The van der Waals surface area contributed by atoms with Crippen LogP contribution in [0.15, 0.2) is 58.3 Å². The predicted molar refractivity (Wildman–Crippen MR) is 105 cm³/mol. The van der Waals surface area contributed by atoms with Crippen LogP contribution >= 0.6 is 24.2 Å². The van der Waals surface area contributed by atoms with Crippen LogP contribution in [0, 0.1) is 11.3 Å². The molecule has 0 bridgehead atoms. The Morgan fingerprint density at radius 2 is 1.68 bits per heavy atom. The minimum atomic E-state index is -0.0291. The van der Waals surface area contributed by atoms with Crippen molar-refractivity contribution in [3.05, 3.63) is 54.1 Å². The molecule has 0 aliphatic heterocycles. The molecule has 2 aromatic rings. The summed E-state index contributed by atoms with van der Waals surface area (Å²) in [6, 6.07) is 17.3. The first-order valence-electron chi connectivity index (χ1n) is 8.00. The van der Waals surface area contributed by atoms with Crippen LogP contribution in [0.25, 0.3) is 0 Å². The van der Waals surface area contributed by atoms with E-state index in [0.717, 1.165) is 34.9 Å². The molecule has 0 atom stereocenters. The van der Waals surface area contributed by atoms with Gasteiger partial charge >= 0.3 is 0 Å². The highest BCUT2D eigenvalue weighted by Gasteiger charge is 2.03. The standard InChI is InChI=1S/C19H21N3OS.ClH/c1-2-3-12-21-14-19(23)22-16-6-10-18(11-7-16)24-17-8-4-15(13-20)5-9-17;/h4-11,21H,2-3,12,14H2,1H3,(H,22,23);1H. The van der Waals surface area contributed by atoms with E-state index in [-0.39, 0.29) is 18.3 Å². The predicted octanol–water partition coefficient (Wildman–Crippen LogP) is 4.46. The van der Waals surface area contributed by atoms with E-state index < -0.39 is 0 Å². The number of hydrogen-bond donors (Lipinski definition) is 2. The minimum absolute atomic E-state index is 0. The Kier molecular flexibility index (Phi) is 9.71. The monoisotopic (exact) mass is 375 g/mol. The molecule has 2 N–H and O–H groups in total. The second-order valence-electron chi connectivity index (χ2n) is 5.34. The third-order valence-electron chi connectivity index (χ3n) is 3.35. The molecular formula is C19H22ClN3OS. The fourth-order valence-corrected chi connectivity index (χ4v) is 2.87. The molecule has 1 amide bonds. The summed E-state index contributed by atoms with van der Waals surface area (Å²) in [5.41, 5.74) is 1.45. The molecule has 0 heterocycles. The van der Waals surface area contributed by atoms with Crippen LogP contribution < -0.4 is 10.6 Å². The van der Waals surface area contributed by atoms with Gasteiger partial charge in [-0.25, -0.2) is 0 Å². The van der Waals surface area contributed by atoms with Crippen LogP contribution in [0.5, 0.6) is 0 Å². The molecule has 0 unspecified atom stereocenters. The van der Waals surface area contributed by atoms with Crippen LogP contribution in [0.1, 0.15) is 25.3 Å². The van der Waals surface area contributed by atoms with Crippen molar-refractivity contribution in [1.82, 2.24) is 5.32 Å². The number of nitrogens with one attached hydrogen (secondary N) is 2. The van der Waals surface area contributed by atoms with Crippen LogP contribution in [0.3, 0.4) is 0 Å². The number of carbonyl (C=O) groups excluding carboxylic acids is 1. The van der Waals surface area contributed by atoms with Crippen molar-refractivity contribution < 1.29 is 4.79 Å². The van der Waals surface area contributed by atoms with Crippen LogP contribution in [-0.4, -0.2) is 19.0 Å². The van der Waals surface area contributed by atoms with Gasteiger partial charge in [0.1, 0.15) is 0 Å². The quantitative estimate of drug-likeness (QED) is 0.668. The molecule has 4 nitrogen and oxygen atoms in total. The summed E-state index contributed by atoms with van der Waals surface area (Å²) < 4.78 is 0. The maximum atomic E-state index is 11.8. The van der Waals surface area contributed by atoms with E-state index in [0.29, 0.717) is 12.1 Å². The first-order valence-corrected chi connectivity index (χ1v) is 8.81. The van der Waals surface area contributed by atoms with Crippen LogP contribution in [0.2, 0.25) is 0 Å². The van der Waals surface area contributed by atoms with Gasteiger partial charge in [-0.3, -0.25) is 4.79 Å². The van der Waals surface area contributed by atoms with E-state index in [1.165, 1.54) is 0 Å². The number of rotatable bonds is 8. The third-order valence-corrected chi connectivity index (χ3v) is 4.37. The molecule has 0 saturated heterocycles. The first kappa shape index (κ1) is 21.0. The lowest BCUT2D eigenvalue weighted by Gasteiger charge is -2.07. The van der Waals surface area contributed by atoms with Gasteiger partial charge in [0.15, 0.2) is 0 Å². The van der Waals surface area contributed by atoms with Gasteiger partial charge in [0.25, 0.3) is 0 Å². The number of nitriles is 1. The summed E-state index contributed by atoms with van der Waals surface area (Å²) in [6.07, 6.45) is 2.20. The smallest absolute Gasteiger partial charge is 0.238 e. The second kappa shape index (κ2) is 11.5. The zero-order valence-electron chi connectivity index (χ0n) is 14.1. The molecule has 0 saturated carbocycles. The van der Waals surface area contributed by atoms with Crippen LogP contribution in [-0.2, 0) is 4.79 Å². The molecular weight excluding hydrogens is 354 g/mol. The summed E-state index contributed by atoms with van der Waals surface area (Å²) in [4.78, 5) is 14.0. The van der Waals surface area contributed by atoms with Gasteiger partial charge in [-0.2, -0.15) is 5.26 Å². The summed E-state index contributed by atoms with van der Waals surface area (Å²) >= 11 is 1.62. The lowest BCUT2D eigenvalue weighted by Crippen LogP contribution is -2.28. The highest BCUT2D eigenvalue weighted by Crippen LogP contribution is 2.28. The normalized spacial score (nSPS) is 9.76. The highest BCUT2D eigenvalue weighted by molar-refractivity contribution is 7.99. The number of hydrogen-bond acceptors (Lipinski definition) is 4. The molecule has 132 valence electrons. The van der Waals surface area contributed by atoms with Gasteiger partial charge in [0.2, 0.25) is 5.91 Å². The highest BCUT2D eigenvalue weighted by atomic mass is 35.5. The fraction of sp³-hybridized carbons (Fsp3) is 0.263. The summed E-state index contributed by atoms with van der Waals surface area (Å²) in [5.74, 6) is -0.0291. The van der Waals surface area contributed by atoms with E-state index in [1.54, 1.807) is 11.8 Å². The van der Waals surface area contributed by atoms with Crippen molar-refractivity contribution in [2.24, 2.45) is 0 Å². The lowest BCUT2D eigenvalue weighted by atomic mass is 10.2. The molecule has 0 aliphatic carbocycles. The van der Waals surface area contributed by atoms with Crippen molar-refractivity contribution >= 4 is 35.8 Å². The van der Waals surface area contributed by atoms with E-state index in [9.17, 15) is 4.79 Å². The van der Waals surface area contributed by atoms with Crippen molar-refractivity contribution in [3.63, 3.8) is 0 Å². The average Bonchev–Trinajstić information content (AvgIpc) is 2.61. The number of nitrogens with zero attached hydrogens (tertiary/aromatic N) is 1. The zero-order chi connectivity index (χ0) is 17.2. The number of unbranched alkanes of at least 4 members (excludes halogenated alkanes) is 1. The van der Waals surface area contributed by atoms with Crippen LogP contribution in [0.4, 0.5) is 5.69 Å². The fourth-order valence-electron chi connectivity index (χ4n) is 2.05. The Bertz CT molecular complexity index is 696. The van der Waals surface area contributed by atoms with Gasteiger partial charge in [-0.05, 0) is 61.5 Å². The molecule has 0 radical (unpaired) electrons.